The zero-order valence-corrected chi connectivity index (χ0v) is 15.6. The van der Waals surface area contributed by atoms with Crippen molar-refractivity contribution in [2.45, 2.75) is 32.4 Å². The molecule has 1 aliphatic rings. The second kappa shape index (κ2) is 7.31. The van der Waals surface area contributed by atoms with Crippen LogP contribution < -0.4 is 15.8 Å². The van der Waals surface area contributed by atoms with Crippen LogP contribution in [-0.2, 0) is 16.1 Å². The first-order valence-corrected chi connectivity index (χ1v) is 9.30. The lowest BCUT2D eigenvalue weighted by molar-refractivity contribution is -0.124. The standard InChI is InChI=1S/C22H21N3O3/c1-14-7-8-18-15(11-14)12-16(21(27)24-18)13-23-22(28)19-9-10-20(26)25(19)17-5-3-2-4-6-17/h2-8,11-12,19H,9-10,13H2,1H3,(H,23,28)(H,24,27). The van der Waals surface area contributed by atoms with Gasteiger partial charge in [0.05, 0.1) is 0 Å². The van der Waals surface area contributed by atoms with Gasteiger partial charge in [-0.3, -0.25) is 19.3 Å². The van der Waals surface area contributed by atoms with Crippen molar-refractivity contribution in [3.63, 3.8) is 0 Å². The lowest BCUT2D eigenvalue weighted by atomic mass is 10.1. The van der Waals surface area contributed by atoms with E-state index >= 15 is 0 Å². The van der Waals surface area contributed by atoms with E-state index in [9.17, 15) is 14.4 Å². The van der Waals surface area contributed by atoms with Crippen molar-refractivity contribution in [3.05, 3.63) is 76.1 Å². The monoisotopic (exact) mass is 375 g/mol. The number of aromatic nitrogens is 1. The van der Waals surface area contributed by atoms with Gasteiger partial charge in [-0.15, -0.1) is 0 Å². The van der Waals surface area contributed by atoms with Gasteiger partial charge in [0.1, 0.15) is 6.04 Å². The van der Waals surface area contributed by atoms with Gasteiger partial charge in [0.25, 0.3) is 5.56 Å². The molecular formula is C22H21N3O3. The van der Waals surface area contributed by atoms with Crippen molar-refractivity contribution in [1.29, 1.82) is 0 Å². The Bertz CT molecular complexity index is 1100. The van der Waals surface area contributed by atoms with E-state index in [-0.39, 0.29) is 23.9 Å². The summed E-state index contributed by atoms with van der Waals surface area (Å²) in [6.45, 7) is 2.10. The molecule has 1 unspecified atom stereocenters. The normalized spacial score (nSPS) is 16.5. The Morgan fingerprint density at radius 3 is 2.71 bits per heavy atom. The fraction of sp³-hybridized carbons (Fsp3) is 0.227. The van der Waals surface area contributed by atoms with Crippen LogP contribution in [0.4, 0.5) is 5.69 Å². The summed E-state index contributed by atoms with van der Waals surface area (Å²) in [5, 5.41) is 3.75. The Morgan fingerprint density at radius 1 is 1.14 bits per heavy atom. The van der Waals surface area contributed by atoms with Crippen LogP contribution in [-0.4, -0.2) is 22.8 Å². The molecule has 1 aliphatic heterocycles. The number of rotatable bonds is 4. The second-order valence-corrected chi connectivity index (χ2v) is 7.09. The molecule has 0 saturated carbocycles. The number of pyridine rings is 1. The van der Waals surface area contributed by atoms with Crippen molar-refractivity contribution >= 4 is 28.4 Å². The highest BCUT2D eigenvalue weighted by molar-refractivity contribution is 6.03. The summed E-state index contributed by atoms with van der Waals surface area (Å²) in [6.07, 6.45) is 0.801. The summed E-state index contributed by atoms with van der Waals surface area (Å²) in [6, 6.07) is 16.2. The number of fused-ring (bicyclic) bond motifs is 1. The molecule has 0 radical (unpaired) electrons. The van der Waals surface area contributed by atoms with Gasteiger partial charge < -0.3 is 10.3 Å². The number of carbonyl (C=O) groups excluding carboxylic acids is 2. The number of hydrogen-bond acceptors (Lipinski definition) is 3. The van der Waals surface area contributed by atoms with E-state index in [2.05, 4.69) is 10.3 Å². The number of H-pyrrole nitrogens is 1. The van der Waals surface area contributed by atoms with Crippen molar-refractivity contribution in [2.75, 3.05) is 4.90 Å². The van der Waals surface area contributed by atoms with Gasteiger partial charge in [-0.2, -0.15) is 0 Å². The summed E-state index contributed by atoms with van der Waals surface area (Å²) in [4.78, 5) is 41.8. The Kier molecular flexibility index (Phi) is 4.69. The molecule has 2 N–H and O–H groups in total. The number of amides is 2. The molecule has 0 aliphatic carbocycles. The largest absolute Gasteiger partial charge is 0.350 e. The molecule has 2 amide bonds. The quantitative estimate of drug-likeness (QED) is 0.735. The van der Waals surface area contributed by atoms with E-state index < -0.39 is 6.04 Å². The predicted molar refractivity (Wildman–Crippen MR) is 108 cm³/mol. The molecule has 142 valence electrons. The number of hydrogen-bond donors (Lipinski definition) is 2. The molecule has 1 aromatic heterocycles. The topological polar surface area (TPSA) is 82.3 Å². The average Bonchev–Trinajstić information content (AvgIpc) is 3.08. The van der Waals surface area contributed by atoms with Crippen LogP contribution in [0.2, 0.25) is 0 Å². The third-order valence-electron chi connectivity index (χ3n) is 5.08. The van der Waals surface area contributed by atoms with Gasteiger partial charge in [0.15, 0.2) is 0 Å². The van der Waals surface area contributed by atoms with Crippen LogP contribution in [0, 0.1) is 6.92 Å². The number of anilines is 1. The molecule has 28 heavy (non-hydrogen) atoms. The number of aryl methyl sites for hydroxylation is 1. The van der Waals surface area contributed by atoms with Crippen LogP contribution in [0.25, 0.3) is 10.9 Å². The number of para-hydroxylation sites is 1. The van der Waals surface area contributed by atoms with E-state index in [4.69, 9.17) is 0 Å². The van der Waals surface area contributed by atoms with E-state index in [1.54, 1.807) is 11.0 Å². The number of aromatic amines is 1. The lowest BCUT2D eigenvalue weighted by Crippen LogP contribution is -2.45. The van der Waals surface area contributed by atoms with Crippen LogP contribution in [0.3, 0.4) is 0 Å². The van der Waals surface area contributed by atoms with Crippen LogP contribution in [0.5, 0.6) is 0 Å². The van der Waals surface area contributed by atoms with Crippen LogP contribution in [0.1, 0.15) is 24.0 Å². The zero-order chi connectivity index (χ0) is 19.7. The molecule has 0 spiro atoms. The third kappa shape index (κ3) is 3.41. The molecule has 2 heterocycles. The Balaban J connectivity index is 1.52. The number of carbonyl (C=O) groups is 2. The van der Waals surface area contributed by atoms with Gasteiger partial charge in [-0.1, -0.05) is 29.8 Å². The smallest absolute Gasteiger partial charge is 0.253 e. The van der Waals surface area contributed by atoms with Gasteiger partial charge in [-0.25, -0.2) is 0 Å². The summed E-state index contributed by atoms with van der Waals surface area (Å²) >= 11 is 0. The molecule has 6 nitrogen and oxygen atoms in total. The molecule has 3 aromatic rings. The number of nitrogens with zero attached hydrogens (tertiary/aromatic N) is 1. The molecule has 6 heteroatoms. The van der Waals surface area contributed by atoms with Gasteiger partial charge >= 0.3 is 0 Å². The van der Waals surface area contributed by atoms with Gasteiger partial charge in [0, 0.05) is 29.7 Å². The summed E-state index contributed by atoms with van der Waals surface area (Å²) in [5.74, 6) is -0.316. The molecule has 4 rings (SSSR count). The van der Waals surface area contributed by atoms with Crippen LogP contribution in [0.15, 0.2) is 59.4 Å². The SMILES string of the molecule is Cc1ccc2[nH]c(=O)c(CNC(=O)C3CCC(=O)N3c3ccccc3)cc2c1. The van der Waals surface area contributed by atoms with E-state index in [1.807, 2.05) is 55.5 Å². The highest BCUT2D eigenvalue weighted by Crippen LogP contribution is 2.26. The van der Waals surface area contributed by atoms with Crippen molar-refractivity contribution < 1.29 is 9.59 Å². The van der Waals surface area contributed by atoms with E-state index in [0.717, 1.165) is 16.5 Å². The van der Waals surface area contributed by atoms with E-state index in [1.165, 1.54) is 0 Å². The molecule has 1 atom stereocenters. The highest BCUT2D eigenvalue weighted by atomic mass is 16.2. The fourth-order valence-corrected chi connectivity index (χ4v) is 3.65. The van der Waals surface area contributed by atoms with Crippen molar-refractivity contribution in [2.24, 2.45) is 0 Å². The van der Waals surface area contributed by atoms with Gasteiger partial charge in [-0.05, 0) is 49.1 Å². The van der Waals surface area contributed by atoms with Crippen molar-refractivity contribution in [1.82, 2.24) is 10.3 Å². The summed E-state index contributed by atoms with van der Waals surface area (Å²) in [7, 11) is 0. The third-order valence-corrected chi connectivity index (χ3v) is 5.08. The maximum atomic E-state index is 12.8. The van der Waals surface area contributed by atoms with Crippen molar-refractivity contribution in [3.8, 4) is 0 Å². The minimum Gasteiger partial charge on any atom is -0.350 e. The Morgan fingerprint density at radius 2 is 1.93 bits per heavy atom. The minimum absolute atomic E-state index is 0.0645. The molecule has 0 bridgehead atoms. The zero-order valence-electron chi connectivity index (χ0n) is 15.6. The maximum absolute atomic E-state index is 12.8. The lowest BCUT2D eigenvalue weighted by Gasteiger charge is -2.24. The predicted octanol–water partition coefficient (Wildman–Crippen LogP) is 2.65. The first-order chi connectivity index (χ1) is 13.5. The second-order valence-electron chi connectivity index (χ2n) is 7.09. The molecule has 1 saturated heterocycles. The molecule has 2 aromatic carbocycles. The number of benzene rings is 2. The minimum atomic E-state index is -0.559. The summed E-state index contributed by atoms with van der Waals surface area (Å²) < 4.78 is 0. The average molecular weight is 375 g/mol. The first kappa shape index (κ1) is 18.0. The Hall–Kier alpha value is -3.41. The Labute approximate surface area is 162 Å². The highest BCUT2D eigenvalue weighted by Gasteiger charge is 2.36. The van der Waals surface area contributed by atoms with Crippen LogP contribution >= 0.6 is 0 Å². The molecular weight excluding hydrogens is 354 g/mol. The number of nitrogens with one attached hydrogen (secondary N) is 2. The van der Waals surface area contributed by atoms with Gasteiger partial charge in [0.2, 0.25) is 11.8 Å². The first-order valence-electron chi connectivity index (χ1n) is 9.30. The fourth-order valence-electron chi connectivity index (χ4n) is 3.65. The summed E-state index contributed by atoms with van der Waals surface area (Å²) in [5.41, 5.74) is 2.84. The maximum Gasteiger partial charge on any atom is 0.253 e. The van der Waals surface area contributed by atoms with E-state index in [0.29, 0.717) is 24.1 Å². The molecule has 1 fully saturated rings.